The molecule has 1 heterocycles. The van der Waals surface area contributed by atoms with Crippen molar-refractivity contribution in [1.29, 1.82) is 0 Å². The Morgan fingerprint density at radius 2 is 0.500 bits per heavy atom. The second-order valence-corrected chi connectivity index (χ2v) is 28.6. The Hall–Kier alpha value is 0.548. The summed E-state index contributed by atoms with van der Waals surface area (Å²) in [6.07, 6.45) is 0. The van der Waals surface area contributed by atoms with Crippen LogP contribution in [0.3, 0.4) is 0 Å². The monoisotopic (exact) mass is 640 g/mol. The van der Waals surface area contributed by atoms with E-state index in [0.717, 1.165) is 0 Å². The summed E-state index contributed by atoms with van der Waals surface area (Å²) in [4.78, 5) is 0. The van der Waals surface area contributed by atoms with Crippen LogP contribution in [0.15, 0.2) is 0 Å². The molecule has 0 N–H and O–H groups in total. The molecule has 0 aromatic carbocycles. The first kappa shape index (κ1) is 38.6. The first-order chi connectivity index (χ1) is 18.2. The fourth-order valence-corrected chi connectivity index (χ4v) is 26.3. The average molecular weight is 641 g/mol. The molecule has 40 heavy (non-hydrogen) atoms. The highest BCUT2D eigenvalue weighted by atomic mass is 28.5. The summed E-state index contributed by atoms with van der Waals surface area (Å²) in [5.74, 6) is 1.57. The van der Waals surface area contributed by atoms with Gasteiger partial charge in [0.2, 0.25) is 0 Å². The van der Waals surface area contributed by atoms with Crippen molar-refractivity contribution >= 4 is 34.2 Å². The van der Waals surface area contributed by atoms with Crippen molar-refractivity contribution < 1.29 is 35.4 Å². The van der Waals surface area contributed by atoms with Gasteiger partial charge in [-0.05, 0) is 77.6 Å². The zero-order chi connectivity index (χ0) is 31.1. The van der Waals surface area contributed by atoms with E-state index < -0.39 is 34.2 Å². The third kappa shape index (κ3) is 11.6. The van der Waals surface area contributed by atoms with E-state index in [-0.39, 0.29) is 22.9 Å². The largest absolute Gasteiger partial charge is 0.413 e. The normalized spacial score (nSPS) is 33.3. The van der Waals surface area contributed by atoms with E-state index >= 15 is 0 Å². The molecule has 0 aromatic heterocycles. The van der Waals surface area contributed by atoms with Crippen molar-refractivity contribution in [1.82, 2.24) is 0 Å². The standard InChI is InChI=1S/C28H64O8Si4/c1-21(2)17-29-25(9)37(13)33-38(14,26(10)30-18-22(3)4)35-40(16,28(12)32-20-24(7)8)36-39(15,34-37)27(11)31-19-23(5)6/h21-28H,17-20H2,1-16H3. The van der Waals surface area contributed by atoms with Gasteiger partial charge in [-0.3, -0.25) is 0 Å². The fourth-order valence-electron chi connectivity index (χ4n) is 4.31. The second-order valence-electron chi connectivity index (χ2n) is 13.9. The quantitative estimate of drug-likeness (QED) is 0.172. The van der Waals surface area contributed by atoms with Gasteiger partial charge < -0.3 is 35.4 Å². The summed E-state index contributed by atoms with van der Waals surface area (Å²) in [5.41, 5.74) is -0.959. The maximum absolute atomic E-state index is 7.26. The Labute approximate surface area is 251 Å². The van der Waals surface area contributed by atoms with Gasteiger partial charge in [0.15, 0.2) is 0 Å². The zero-order valence-corrected chi connectivity index (χ0v) is 32.7. The fraction of sp³-hybridized carbons (Fsp3) is 1.00. The Morgan fingerprint density at radius 1 is 0.350 bits per heavy atom. The number of hydrogen-bond donors (Lipinski definition) is 0. The molecule has 1 aliphatic heterocycles. The molecule has 4 atom stereocenters. The van der Waals surface area contributed by atoms with Crippen LogP contribution in [-0.4, -0.2) is 83.6 Å². The lowest BCUT2D eigenvalue weighted by molar-refractivity contribution is 0.0200. The van der Waals surface area contributed by atoms with Gasteiger partial charge in [-0.25, -0.2) is 0 Å². The Kier molecular flexibility index (Phi) is 15.5. The minimum absolute atomic E-state index is 0.240. The zero-order valence-electron chi connectivity index (χ0n) is 28.7. The molecule has 1 saturated heterocycles. The number of rotatable bonds is 16. The molecule has 1 aliphatic rings. The Morgan fingerprint density at radius 3 is 0.625 bits per heavy atom. The van der Waals surface area contributed by atoms with Gasteiger partial charge in [0.1, 0.15) is 0 Å². The molecular formula is C28H64O8Si4. The van der Waals surface area contributed by atoms with Crippen LogP contribution in [0.4, 0.5) is 0 Å². The molecule has 0 aliphatic carbocycles. The van der Waals surface area contributed by atoms with E-state index in [1.54, 1.807) is 0 Å². The molecule has 0 saturated carbocycles. The first-order valence-electron chi connectivity index (χ1n) is 15.4. The second kappa shape index (κ2) is 16.0. The van der Waals surface area contributed by atoms with Crippen LogP contribution in [0.2, 0.25) is 26.2 Å². The molecule has 1 rings (SSSR count). The van der Waals surface area contributed by atoms with Crippen molar-refractivity contribution in [2.75, 3.05) is 26.4 Å². The van der Waals surface area contributed by atoms with Crippen molar-refractivity contribution in [2.24, 2.45) is 23.7 Å². The van der Waals surface area contributed by atoms with Crippen molar-refractivity contribution in [3.63, 3.8) is 0 Å². The van der Waals surface area contributed by atoms with Gasteiger partial charge in [0.05, 0.1) is 22.9 Å². The van der Waals surface area contributed by atoms with Gasteiger partial charge in [-0.2, -0.15) is 0 Å². The van der Waals surface area contributed by atoms with E-state index in [0.29, 0.717) is 50.1 Å². The van der Waals surface area contributed by atoms with Crippen LogP contribution in [0.5, 0.6) is 0 Å². The Balaban J connectivity index is 3.66. The highest BCUT2D eigenvalue weighted by Gasteiger charge is 2.64. The van der Waals surface area contributed by atoms with Crippen LogP contribution in [0.1, 0.15) is 83.1 Å². The van der Waals surface area contributed by atoms with Gasteiger partial charge in [-0.15, -0.1) is 0 Å². The van der Waals surface area contributed by atoms with Crippen molar-refractivity contribution in [2.45, 2.75) is 132 Å². The maximum Gasteiger partial charge on any atom is 0.347 e. The molecule has 8 nitrogen and oxygen atoms in total. The lowest BCUT2D eigenvalue weighted by Gasteiger charge is -2.54. The maximum atomic E-state index is 7.26. The van der Waals surface area contributed by atoms with Crippen LogP contribution in [-0.2, 0) is 35.4 Å². The molecule has 0 spiro atoms. The summed E-state index contributed by atoms with van der Waals surface area (Å²) in [6.45, 7) is 36.4. The van der Waals surface area contributed by atoms with E-state index in [4.69, 9.17) is 35.4 Å². The lowest BCUT2D eigenvalue weighted by atomic mass is 10.2. The lowest BCUT2D eigenvalue weighted by Crippen LogP contribution is -2.76. The first-order valence-corrected chi connectivity index (χ1v) is 25.0. The van der Waals surface area contributed by atoms with Crippen LogP contribution < -0.4 is 0 Å². The molecule has 0 bridgehead atoms. The van der Waals surface area contributed by atoms with Crippen LogP contribution in [0, 0.1) is 23.7 Å². The SMILES string of the molecule is CC(C)COC(C)[Si]1(C)O[Si](C)(C(C)OCC(C)C)O[Si](C)(C(C)OCC(C)C)O[Si](C)(C(C)OCC(C)C)O1. The van der Waals surface area contributed by atoms with Gasteiger partial charge in [-0.1, -0.05) is 55.4 Å². The van der Waals surface area contributed by atoms with Crippen molar-refractivity contribution in [3.05, 3.63) is 0 Å². The smallest absolute Gasteiger partial charge is 0.347 e. The third-order valence-electron chi connectivity index (χ3n) is 7.29. The number of hydrogen-bond acceptors (Lipinski definition) is 8. The molecule has 12 heteroatoms. The highest BCUT2D eigenvalue weighted by molar-refractivity contribution is 6.95. The van der Waals surface area contributed by atoms with Gasteiger partial charge >= 0.3 is 34.2 Å². The minimum atomic E-state index is -3.06. The van der Waals surface area contributed by atoms with Gasteiger partial charge in [0.25, 0.3) is 0 Å². The average Bonchev–Trinajstić information content (AvgIpc) is 2.80. The summed E-state index contributed by atoms with van der Waals surface area (Å²) >= 11 is 0. The summed E-state index contributed by atoms with van der Waals surface area (Å²) in [7, 11) is -12.2. The predicted octanol–water partition coefficient (Wildman–Crippen LogP) is 6.76. The molecule has 1 fully saturated rings. The summed E-state index contributed by atoms with van der Waals surface area (Å²) in [6, 6.07) is 0. The van der Waals surface area contributed by atoms with E-state index in [2.05, 4.69) is 109 Å². The van der Waals surface area contributed by atoms with Crippen LogP contribution in [0.25, 0.3) is 0 Å². The molecule has 240 valence electrons. The van der Waals surface area contributed by atoms with E-state index in [1.165, 1.54) is 0 Å². The highest BCUT2D eigenvalue weighted by Crippen LogP contribution is 2.38. The van der Waals surface area contributed by atoms with Gasteiger partial charge in [0, 0.05) is 26.4 Å². The molecule has 0 radical (unpaired) electrons. The third-order valence-corrected chi connectivity index (χ3v) is 26.8. The molecule has 4 unspecified atom stereocenters. The predicted molar refractivity (Wildman–Crippen MR) is 172 cm³/mol. The number of ether oxygens (including phenoxy) is 4. The molecule has 0 amide bonds. The Bertz CT molecular complexity index is 611. The summed E-state index contributed by atoms with van der Waals surface area (Å²) < 4.78 is 54.6. The van der Waals surface area contributed by atoms with Crippen LogP contribution >= 0.6 is 0 Å². The molecule has 0 aromatic rings. The van der Waals surface area contributed by atoms with Crippen molar-refractivity contribution in [3.8, 4) is 0 Å². The minimum Gasteiger partial charge on any atom is -0.413 e. The van der Waals surface area contributed by atoms with E-state index in [9.17, 15) is 0 Å². The molecular weight excluding hydrogens is 577 g/mol. The topological polar surface area (TPSA) is 73.8 Å². The summed E-state index contributed by atoms with van der Waals surface area (Å²) in [5, 5.41) is 0. The van der Waals surface area contributed by atoms with E-state index in [1.807, 2.05) is 0 Å².